The van der Waals surface area contributed by atoms with Gasteiger partial charge in [-0.05, 0) is 31.5 Å². The van der Waals surface area contributed by atoms with Gasteiger partial charge in [-0.25, -0.2) is 0 Å². The van der Waals surface area contributed by atoms with Crippen LogP contribution in [-0.2, 0) is 20.7 Å². The number of carbonyl (C=O) groups excluding carboxylic acids is 2. The van der Waals surface area contributed by atoms with E-state index in [1.165, 1.54) is 4.90 Å². The fourth-order valence-electron chi connectivity index (χ4n) is 2.16. The highest BCUT2D eigenvalue weighted by Gasteiger charge is 2.16. The van der Waals surface area contributed by atoms with Crippen molar-refractivity contribution in [2.24, 2.45) is 0 Å². The minimum Gasteiger partial charge on any atom is -0.494 e. The van der Waals surface area contributed by atoms with Gasteiger partial charge >= 0.3 is 5.97 Å². The molecule has 0 unspecified atom stereocenters. The number of esters is 1. The molecule has 0 aliphatic carbocycles. The average Bonchev–Trinajstić information content (AvgIpc) is 2.57. The number of carbonyl (C=O) groups is 2. The summed E-state index contributed by atoms with van der Waals surface area (Å²) in [5.41, 5.74) is 0.863. The zero-order chi connectivity index (χ0) is 17.8. The van der Waals surface area contributed by atoms with Crippen molar-refractivity contribution in [3.8, 4) is 11.8 Å². The van der Waals surface area contributed by atoms with E-state index in [4.69, 9.17) is 14.7 Å². The van der Waals surface area contributed by atoms with Crippen molar-refractivity contribution in [3.63, 3.8) is 0 Å². The molecule has 0 aliphatic rings. The molecule has 0 heterocycles. The maximum Gasteiger partial charge on any atom is 0.307 e. The molecular formula is C18H24N2O4. The maximum absolute atomic E-state index is 12.4. The Kier molecular flexibility index (Phi) is 8.98. The van der Waals surface area contributed by atoms with Crippen LogP contribution in [-0.4, -0.2) is 43.1 Å². The van der Waals surface area contributed by atoms with E-state index in [1.807, 2.05) is 37.3 Å². The number of rotatable bonds is 10. The summed E-state index contributed by atoms with van der Waals surface area (Å²) in [6.45, 7) is 5.13. The van der Waals surface area contributed by atoms with E-state index in [1.54, 1.807) is 6.92 Å². The van der Waals surface area contributed by atoms with Crippen LogP contribution in [0.4, 0.5) is 0 Å². The monoisotopic (exact) mass is 332 g/mol. The fraction of sp³-hybridized carbons (Fsp3) is 0.500. The molecule has 0 aliphatic heterocycles. The lowest BCUT2D eigenvalue weighted by Crippen LogP contribution is -2.35. The molecule has 1 aromatic carbocycles. The van der Waals surface area contributed by atoms with Crippen molar-refractivity contribution in [1.82, 2.24) is 4.90 Å². The number of ether oxygens (including phenoxy) is 2. The molecule has 0 N–H and O–H groups in total. The second kappa shape index (κ2) is 11.1. The molecule has 0 fully saturated rings. The van der Waals surface area contributed by atoms with Gasteiger partial charge in [0, 0.05) is 13.1 Å². The third-order valence-electron chi connectivity index (χ3n) is 3.33. The highest BCUT2D eigenvalue weighted by molar-refractivity contribution is 5.79. The van der Waals surface area contributed by atoms with Gasteiger partial charge in [-0.2, -0.15) is 5.26 Å². The Morgan fingerprint density at radius 2 is 1.83 bits per heavy atom. The Bertz CT molecular complexity index is 563. The predicted octanol–water partition coefficient (Wildman–Crippen LogP) is 2.32. The van der Waals surface area contributed by atoms with Crippen LogP contribution in [0.3, 0.4) is 0 Å². The minimum atomic E-state index is -0.340. The lowest BCUT2D eigenvalue weighted by molar-refractivity contribution is -0.144. The van der Waals surface area contributed by atoms with Gasteiger partial charge in [0.2, 0.25) is 5.91 Å². The Morgan fingerprint density at radius 1 is 1.12 bits per heavy atom. The lowest BCUT2D eigenvalue weighted by atomic mass is 10.1. The van der Waals surface area contributed by atoms with Crippen LogP contribution < -0.4 is 4.74 Å². The molecule has 0 bridgehead atoms. The molecule has 6 nitrogen and oxygen atoms in total. The summed E-state index contributed by atoms with van der Waals surface area (Å²) in [5.74, 6) is 0.310. The first kappa shape index (κ1) is 19.5. The molecule has 1 rings (SSSR count). The summed E-state index contributed by atoms with van der Waals surface area (Å²) in [4.78, 5) is 25.4. The van der Waals surface area contributed by atoms with E-state index in [0.717, 1.165) is 11.3 Å². The number of nitriles is 1. The number of benzene rings is 1. The summed E-state index contributed by atoms with van der Waals surface area (Å²) in [5, 5.41) is 8.74. The molecule has 0 saturated heterocycles. The molecule has 1 amide bonds. The maximum atomic E-state index is 12.4. The first-order chi connectivity index (χ1) is 11.6. The van der Waals surface area contributed by atoms with Crippen molar-refractivity contribution in [3.05, 3.63) is 29.8 Å². The van der Waals surface area contributed by atoms with Gasteiger partial charge in [-0.3, -0.25) is 9.59 Å². The van der Waals surface area contributed by atoms with Gasteiger partial charge < -0.3 is 14.4 Å². The van der Waals surface area contributed by atoms with Gasteiger partial charge in [-0.1, -0.05) is 12.1 Å². The third-order valence-corrected chi connectivity index (χ3v) is 3.33. The third kappa shape index (κ3) is 7.14. The van der Waals surface area contributed by atoms with E-state index in [0.29, 0.717) is 19.8 Å². The van der Waals surface area contributed by atoms with Crippen LogP contribution >= 0.6 is 0 Å². The summed E-state index contributed by atoms with van der Waals surface area (Å²) in [6, 6.07) is 9.36. The zero-order valence-corrected chi connectivity index (χ0v) is 14.3. The largest absolute Gasteiger partial charge is 0.494 e. The topological polar surface area (TPSA) is 79.6 Å². The summed E-state index contributed by atoms with van der Waals surface area (Å²) in [7, 11) is 0. The first-order valence-electron chi connectivity index (χ1n) is 8.12. The van der Waals surface area contributed by atoms with Crippen LogP contribution in [0.5, 0.6) is 5.75 Å². The van der Waals surface area contributed by atoms with Crippen LogP contribution in [0.25, 0.3) is 0 Å². The highest BCUT2D eigenvalue weighted by atomic mass is 16.5. The van der Waals surface area contributed by atoms with E-state index in [2.05, 4.69) is 0 Å². The van der Waals surface area contributed by atoms with E-state index in [9.17, 15) is 9.59 Å². The second-order valence-electron chi connectivity index (χ2n) is 5.10. The highest BCUT2D eigenvalue weighted by Crippen LogP contribution is 2.13. The van der Waals surface area contributed by atoms with E-state index in [-0.39, 0.29) is 37.7 Å². The average molecular weight is 332 g/mol. The normalized spacial score (nSPS) is 9.88. The van der Waals surface area contributed by atoms with Crippen LogP contribution in [0, 0.1) is 11.3 Å². The van der Waals surface area contributed by atoms with Crippen molar-refractivity contribution < 1.29 is 19.1 Å². The van der Waals surface area contributed by atoms with Gasteiger partial charge in [0.15, 0.2) is 0 Å². The Morgan fingerprint density at radius 3 is 2.42 bits per heavy atom. The summed E-state index contributed by atoms with van der Waals surface area (Å²) < 4.78 is 10.2. The molecule has 0 atom stereocenters. The van der Waals surface area contributed by atoms with Gasteiger partial charge in [0.25, 0.3) is 0 Å². The molecule has 24 heavy (non-hydrogen) atoms. The van der Waals surface area contributed by atoms with Gasteiger partial charge in [0.1, 0.15) is 5.75 Å². The van der Waals surface area contributed by atoms with Crippen molar-refractivity contribution in [2.75, 3.05) is 26.3 Å². The Labute approximate surface area is 143 Å². The summed E-state index contributed by atoms with van der Waals surface area (Å²) >= 11 is 0. The van der Waals surface area contributed by atoms with Crippen LogP contribution in [0.1, 0.15) is 32.3 Å². The van der Waals surface area contributed by atoms with Gasteiger partial charge in [-0.15, -0.1) is 0 Å². The molecular weight excluding hydrogens is 308 g/mol. The van der Waals surface area contributed by atoms with Crippen molar-refractivity contribution >= 4 is 11.9 Å². The number of amides is 1. The molecule has 0 saturated carbocycles. The number of hydrogen-bond acceptors (Lipinski definition) is 5. The second-order valence-corrected chi connectivity index (χ2v) is 5.10. The number of nitrogens with zero attached hydrogens (tertiary/aromatic N) is 2. The standard InChI is InChI=1S/C18H24N2O4/c1-3-23-16-8-6-15(7-9-16)14-17(21)20(12-5-11-19)13-10-18(22)24-4-2/h6-9H,3-5,10,12-14H2,1-2H3. The minimum absolute atomic E-state index is 0.112. The lowest BCUT2D eigenvalue weighted by Gasteiger charge is -2.21. The number of hydrogen-bond donors (Lipinski definition) is 0. The first-order valence-corrected chi connectivity index (χ1v) is 8.12. The predicted molar refractivity (Wildman–Crippen MR) is 89.4 cm³/mol. The summed E-state index contributed by atoms with van der Waals surface area (Å²) in [6.07, 6.45) is 0.590. The van der Waals surface area contributed by atoms with Crippen LogP contribution in [0.2, 0.25) is 0 Å². The van der Waals surface area contributed by atoms with E-state index >= 15 is 0 Å². The van der Waals surface area contributed by atoms with Crippen molar-refractivity contribution in [1.29, 1.82) is 5.26 Å². The molecule has 0 aromatic heterocycles. The smallest absolute Gasteiger partial charge is 0.307 e. The molecule has 0 radical (unpaired) electrons. The SMILES string of the molecule is CCOC(=O)CCN(CCC#N)C(=O)Cc1ccc(OCC)cc1. The Hall–Kier alpha value is -2.55. The quantitative estimate of drug-likeness (QED) is 0.614. The molecule has 1 aromatic rings. The van der Waals surface area contributed by atoms with Gasteiger partial charge in [0.05, 0.1) is 38.5 Å². The van der Waals surface area contributed by atoms with E-state index < -0.39 is 0 Å². The Balaban J connectivity index is 2.62. The van der Waals surface area contributed by atoms with Crippen molar-refractivity contribution in [2.45, 2.75) is 33.1 Å². The van der Waals surface area contributed by atoms with Crippen LogP contribution in [0.15, 0.2) is 24.3 Å². The fourth-order valence-corrected chi connectivity index (χ4v) is 2.16. The molecule has 0 spiro atoms. The molecule has 130 valence electrons. The zero-order valence-electron chi connectivity index (χ0n) is 14.3. The molecule has 6 heteroatoms.